The molecule has 0 heterocycles. The van der Waals surface area contributed by atoms with E-state index in [0.29, 0.717) is 37.4 Å². The number of carbonyl (C=O) groups is 2. The molecule has 1 aromatic carbocycles. The van der Waals surface area contributed by atoms with Crippen molar-refractivity contribution >= 4 is 27.7 Å². The summed E-state index contributed by atoms with van der Waals surface area (Å²) in [5, 5.41) is 2.75. The lowest BCUT2D eigenvalue weighted by atomic mass is 10.2. The van der Waals surface area contributed by atoms with E-state index >= 15 is 0 Å². The topological polar surface area (TPSA) is 58.6 Å². The van der Waals surface area contributed by atoms with Crippen molar-refractivity contribution in [1.82, 2.24) is 10.2 Å². The van der Waals surface area contributed by atoms with Gasteiger partial charge in [-0.05, 0) is 32.0 Å². The van der Waals surface area contributed by atoms with Gasteiger partial charge in [-0.15, -0.1) is 0 Å². The van der Waals surface area contributed by atoms with Gasteiger partial charge < -0.3 is 15.0 Å². The molecule has 116 valence electrons. The Balaban J connectivity index is 2.57. The third-order valence-corrected chi connectivity index (χ3v) is 3.64. The van der Waals surface area contributed by atoms with Crippen molar-refractivity contribution < 1.29 is 14.3 Å². The molecule has 6 heteroatoms. The number of nitrogens with zero attached hydrogens (tertiary/aromatic N) is 1. The quantitative estimate of drug-likeness (QED) is 0.816. The lowest BCUT2D eigenvalue weighted by molar-refractivity contribution is -0.130. The van der Waals surface area contributed by atoms with Crippen molar-refractivity contribution in [3.63, 3.8) is 0 Å². The lowest BCUT2D eigenvalue weighted by Gasteiger charge is -2.18. The van der Waals surface area contributed by atoms with Crippen LogP contribution in [-0.2, 0) is 4.79 Å². The maximum absolute atomic E-state index is 12.1. The largest absolute Gasteiger partial charge is 0.496 e. The number of nitrogens with one attached hydrogen (secondary N) is 1. The molecular formula is C15H21BrN2O3. The van der Waals surface area contributed by atoms with Crippen LogP contribution in [0.15, 0.2) is 22.7 Å². The average molecular weight is 357 g/mol. The zero-order valence-electron chi connectivity index (χ0n) is 12.6. The van der Waals surface area contributed by atoms with E-state index in [4.69, 9.17) is 4.74 Å². The van der Waals surface area contributed by atoms with Crippen molar-refractivity contribution in [2.24, 2.45) is 0 Å². The second-order valence-corrected chi connectivity index (χ2v) is 5.33. The van der Waals surface area contributed by atoms with Crippen LogP contribution in [0.25, 0.3) is 0 Å². The number of hydrogen-bond donors (Lipinski definition) is 1. The molecule has 0 unspecified atom stereocenters. The Morgan fingerprint density at radius 2 is 1.95 bits per heavy atom. The Bertz CT molecular complexity index is 502. The fraction of sp³-hybridized carbons (Fsp3) is 0.467. The molecule has 0 spiro atoms. The molecule has 0 radical (unpaired) electrons. The highest BCUT2D eigenvalue weighted by atomic mass is 79.9. The molecule has 1 rings (SSSR count). The van der Waals surface area contributed by atoms with Crippen LogP contribution in [-0.4, -0.2) is 43.5 Å². The highest BCUT2D eigenvalue weighted by Gasteiger charge is 2.14. The zero-order chi connectivity index (χ0) is 15.8. The van der Waals surface area contributed by atoms with E-state index in [-0.39, 0.29) is 11.8 Å². The Kier molecular flexibility index (Phi) is 7.22. The molecule has 1 aromatic rings. The van der Waals surface area contributed by atoms with Gasteiger partial charge in [0.25, 0.3) is 5.91 Å². The SMILES string of the molecule is CCN(CC)C(=O)CCNC(=O)c1ccc(Br)cc1OC. The summed E-state index contributed by atoms with van der Waals surface area (Å²) >= 11 is 3.33. The second kappa shape index (κ2) is 8.67. The van der Waals surface area contributed by atoms with Crippen molar-refractivity contribution in [2.75, 3.05) is 26.7 Å². The van der Waals surface area contributed by atoms with E-state index in [2.05, 4.69) is 21.2 Å². The summed E-state index contributed by atoms with van der Waals surface area (Å²) in [5.74, 6) is 0.298. The average Bonchev–Trinajstić information content (AvgIpc) is 2.48. The van der Waals surface area contributed by atoms with Crippen molar-refractivity contribution in [1.29, 1.82) is 0 Å². The molecule has 5 nitrogen and oxygen atoms in total. The van der Waals surface area contributed by atoms with Crippen molar-refractivity contribution in [3.8, 4) is 5.75 Å². The van der Waals surface area contributed by atoms with E-state index < -0.39 is 0 Å². The number of hydrogen-bond acceptors (Lipinski definition) is 3. The first-order chi connectivity index (χ1) is 10.0. The maximum Gasteiger partial charge on any atom is 0.255 e. The van der Waals surface area contributed by atoms with Crippen LogP contribution in [0.4, 0.5) is 0 Å². The van der Waals surface area contributed by atoms with E-state index in [1.807, 2.05) is 13.8 Å². The molecule has 2 amide bonds. The van der Waals surface area contributed by atoms with Gasteiger partial charge in [-0.3, -0.25) is 9.59 Å². The van der Waals surface area contributed by atoms with Crippen LogP contribution in [0.2, 0.25) is 0 Å². The molecule has 0 aliphatic carbocycles. The van der Waals surface area contributed by atoms with Crippen LogP contribution >= 0.6 is 15.9 Å². The number of amides is 2. The lowest BCUT2D eigenvalue weighted by Crippen LogP contribution is -2.34. The normalized spacial score (nSPS) is 10.1. The van der Waals surface area contributed by atoms with E-state index in [9.17, 15) is 9.59 Å². The molecule has 1 N–H and O–H groups in total. The van der Waals surface area contributed by atoms with Crippen molar-refractivity contribution in [2.45, 2.75) is 20.3 Å². The minimum atomic E-state index is -0.244. The number of methoxy groups -OCH3 is 1. The van der Waals surface area contributed by atoms with E-state index in [1.165, 1.54) is 7.11 Å². The Morgan fingerprint density at radius 1 is 1.29 bits per heavy atom. The summed E-state index contributed by atoms with van der Waals surface area (Å²) in [6, 6.07) is 5.19. The molecule has 21 heavy (non-hydrogen) atoms. The molecule has 0 aromatic heterocycles. The molecular weight excluding hydrogens is 336 g/mol. The van der Waals surface area contributed by atoms with Gasteiger partial charge >= 0.3 is 0 Å². The summed E-state index contributed by atoms with van der Waals surface area (Å²) in [6.45, 7) is 5.56. The van der Waals surface area contributed by atoms with Crippen LogP contribution < -0.4 is 10.1 Å². The highest BCUT2D eigenvalue weighted by Crippen LogP contribution is 2.23. The molecule has 0 fully saturated rings. The number of ether oxygens (including phenoxy) is 1. The Labute approximate surface area is 133 Å². The van der Waals surface area contributed by atoms with E-state index in [1.54, 1.807) is 23.1 Å². The van der Waals surface area contributed by atoms with Gasteiger partial charge in [-0.1, -0.05) is 15.9 Å². The first kappa shape index (κ1) is 17.5. The monoisotopic (exact) mass is 356 g/mol. The van der Waals surface area contributed by atoms with Crippen LogP contribution in [0, 0.1) is 0 Å². The third-order valence-electron chi connectivity index (χ3n) is 3.15. The minimum Gasteiger partial charge on any atom is -0.496 e. The van der Waals surface area contributed by atoms with Gasteiger partial charge in [0.15, 0.2) is 0 Å². The standard InChI is InChI=1S/C15H21BrN2O3/c1-4-18(5-2)14(19)8-9-17-15(20)12-7-6-11(16)10-13(12)21-3/h6-7,10H,4-5,8-9H2,1-3H3,(H,17,20). The fourth-order valence-electron chi connectivity index (χ4n) is 1.97. The first-order valence-electron chi connectivity index (χ1n) is 6.93. The molecule has 0 aliphatic heterocycles. The summed E-state index contributed by atoms with van der Waals surface area (Å²) in [7, 11) is 1.52. The summed E-state index contributed by atoms with van der Waals surface area (Å²) < 4.78 is 6.02. The molecule has 0 saturated carbocycles. The maximum atomic E-state index is 12.1. The molecule has 0 atom stereocenters. The zero-order valence-corrected chi connectivity index (χ0v) is 14.2. The molecule has 0 bridgehead atoms. The summed E-state index contributed by atoms with van der Waals surface area (Å²) in [6.07, 6.45) is 0.298. The number of rotatable bonds is 7. The van der Waals surface area contributed by atoms with Gasteiger partial charge in [-0.2, -0.15) is 0 Å². The summed E-state index contributed by atoms with van der Waals surface area (Å²) in [5.41, 5.74) is 0.455. The number of benzene rings is 1. The predicted molar refractivity (Wildman–Crippen MR) is 85.6 cm³/mol. The van der Waals surface area contributed by atoms with Gasteiger partial charge in [0.1, 0.15) is 5.75 Å². The third kappa shape index (κ3) is 5.04. The highest BCUT2D eigenvalue weighted by molar-refractivity contribution is 9.10. The Morgan fingerprint density at radius 3 is 2.52 bits per heavy atom. The van der Waals surface area contributed by atoms with Gasteiger partial charge in [0.2, 0.25) is 5.91 Å². The Hall–Kier alpha value is -1.56. The summed E-state index contributed by atoms with van der Waals surface area (Å²) in [4.78, 5) is 25.7. The first-order valence-corrected chi connectivity index (χ1v) is 7.72. The predicted octanol–water partition coefficient (Wildman–Crippen LogP) is 2.45. The fourth-order valence-corrected chi connectivity index (χ4v) is 2.31. The van der Waals surface area contributed by atoms with Crippen molar-refractivity contribution in [3.05, 3.63) is 28.2 Å². The van der Waals surface area contributed by atoms with Crippen LogP contribution in [0.5, 0.6) is 5.75 Å². The molecule has 0 aliphatic rings. The minimum absolute atomic E-state index is 0.0445. The van der Waals surface area contributed by atoms with E-state index in [0.717, 1.165) is 4.47 Å². The second-order valence-electron chi connectivity index (χ2n) is 4.42. The number of carbonyl (C=O) groups excluding carboxylic acids is 2. The molecule has 0 saturated heterocycles. The van der Waals surface area contributed by atoms with Crippen LogP contribution in [0.1, 0.15) is 30.6 Å². The number of halogens is 1. The smallest absolute Gasteiger partial charge is 0.255 e. The van der Waals surface area contributed by atoms with Gasteiger partial charge in [0, 0.05) is 30.5 Å². The van der Waals surface area contributed by atoms with Gasteiger partial charge in [-0.25, -0.2) is 0 Å². The van der Waals surface area contributed by atoms with Gasteiger partial charge in [0.05, 0.1) is 12.7 Å². The van der Waals surface area contributed by atoms with Crippen LogP contribution in [0.3, 0.4) is 0 Å².